The molecule has 0 saturated heterocycles. The van der Waals surface area contributed by atoms with Crippen molar-refractivity contribution in [1.82, 2.24) is 15.0 Å². The highest BCUT2D eigenvalue weighted by Crippen LogP contribution is 2.40. The van der Waals surface area contributed by atoms with E-state index in [-0.39, 0.29) is 5.41 Å². The minimum Gasteiger partial charge on any atom is -0.261 e. The molecule has 4 heteroatoms. The van der Waals surface area contributed by atoms with E-state index in [0.717, 1.165) is 28.2 Å². The number of nitrogens with zero attached hydrogens (tertiary/aromatic N) is 3. The lowest BCUT2D eigenvalue weighted by molar-refractivity contribution is 0.569. The highest BCUT2D eigenvalue weighted by molar-refractivity contribution is 6.28. The summed E-state index contributed by atoms with van der Waals surface area (Å²) in [6, 6.07) is 12.8. The van der Waals surface area contributed by atoms with Crippen molar-refractivity contribution in [3.8, 4) is 22.4 Å². The molecule has 3 nitrogen and oxygen atoms in total. The first-order chi connectivity index (χ1) is 12.8. The SMILES string of the molecule is Cc1ccc(-c2ccnc(C(C)(C)C)c2)cc1-c1cc(C2CC2)nc(Cl)n1. The predicted octanol–water partition coefficient (Wildman–Crippen LogP) is 6.34. The van der Waals surface area contributed by atoms with E-state index in [0.29, 0.717) is 11.2 Å². The number of aryl methyl sites for hydroxylation is 1. The first-order valence-electron chi connectivity index (χ1n) is 9.44. The zero-order chi connectivity index (χ0) is 19.2. The smallest absolute Gasteiger partial charge is 0.223 e. The van der Waals surface area contributed by atoms with Crippen LogP contribution in [0.5, 0.6) is 0 Å². The van der Waals surface area contributed by atoms with Crippen LogP contribution in [0.4, 0.5) is 0 Å². The average Bonchev–Trinajstić information content (AvgIpc) is 3.46. The molecule has 0 spiro atoms. The highest BCUT2D eigenvalue weighted by Gasteiger charge is 2.26. The number of halogens is 1. The van der Waals surface area contributed by atoms with Crippen molar-refractivity contribution < 1.29 is 0 Å². The zero-order valence-corrected chi connectivity index (χ0v) is 17.0. The van der Waals surface area contributed by atoms with Gasteiger partial charge in [-0.15, -0.1) is 0 Å². The largest absolute Gasteiger partial charge is 0.261 e. The molecule has 2 aromatic heterocycles. The second-order valence-electron chi connectivity index (χ2n) is 8.43. The van der Waals surface area contributed by atoms with Gasteiger partial charge >= 0.3 is 0 Å². The van der Waals surface area contributed by atoms with Gasteiger partial charge in [0.1, 0.15) is 0 Å². The summed E-state index contributed by atoms with van der Waals surface area (Å²) in [6.45, 7) is 8.66. The number of benzene rings is 1. The van der Waals surface area contributed by atoms with Gasteiger partial charge in [0, 0.05) is 34.5 Å². The molecular formula is C23H24ClN3. The van der Waals surface area contributed by atoms with Crippen LogP contribution in [-0.2, 0) is 5.41 Å². The summed E-state index contributed by atoms with van der Waals surface area (Å²) in [7, 11) is 0. The third kappa shape index (κ3) is 3.89. The molecule has 1 aliphatic carbocycles. The van der Waals surface area contributed by atoms with E-state index in [1.54, 1.807) is 0 Å². The molecule has 0 N–H and O–H groups in total. The minimum atomic E-state index is 0.0167. The second kappa shape index (κ2) is 6.72. The summed E-state index contributed by atoms with van der Waals surface area (Å²) in [4.78, 5) is 13.5. The van der Waals surface area contributed by atoms with Gasteiger partial charge in [-0.1, -0.05) is 32.9 Å². The van der Waals surface area contributed by atoms with Crippen LogP contribution in [0.2, 0.25) is 5.28 Å². The van der Waals surface area contributed by atoms with E-state index in [1.165, 1.54) is 24.0 Å². The Kier molecular flexibility index (Phi) is 4.51. The molecule has 2 heterocycles. The fourth-order valence-electron chi connectivity index (χ4n) is 3.26. The molecule has 1 fully saturated rings. The molecule has 0 radical (unpaired) electrons. The van der Waals surface area contributed by atoms with Crippen LogP contribution >= 0.6 is 11.6 Å². The molecule has 138 valence electrons. The summed E-state index contributed by atoms with van der Waals surface area (Å²) in [5.74, 6) is 0.544. The normalized spacial score (nSPS) is 14.4. The van der Waals surface area contributed by atoms with E-state index in [1.807, 2.05) is 6.20 Å². The molecule has 0 bridgehead atoms. The van der Waals surface area contributed by atoms with Gasteiger partial charge in [-0.2, -0.15) is 0 Å². The van der Waals surface area contributed by atoms with Crippen molar-refractivity contribution >= 4 is 11.6 Å². The van der Waals surface area contributed by atoms with E-state index in [2.05, 4.69) is 79.0 Å². The molecule has 27 heavy (non-hydrogen) atoms. The van der Waals surface area contributed by atoms with Gasteiger partial charge in [-0.3, -0.25) is 4.98 Å². The van der Waals surface area contributed by atoms with Crippen molar-refractivity contribution in [2.24, 2.45) is 0 Å². The number of rotatable bonds is 3. The standard InChI is InChI=1S/C23H24ClN3/c1-14-5-6-16(17-9-10-25-21(12-17)23(2,3)4)11-18(14)20-13-19(15-7-8-15)26-22(24)27-20/h5-6,9-13,15H,7-8H2,1-4H3. The quantitative estimate of drug-likeness (QED) is 0.499. The lowest BCUT2D eigenvalue weighted by Crippen LogP contribution is -2.13. The van der Waals surface area contributed by atoms with Crippen LogP contribution in [-0.4, -0.2) is 15.0 Å². The third-order valence-corrected chi connectivity index (χ3v) is 5.26. The van der Waals surface area contributed by atoms with Gasteiger partial charge < -0.3 is 0 Å². The van der Waals surface area contributed by atoms with Gasteiger partial charge in [0.2, 0.25) is 5.28 Å². The Morgan fingerprint density at radius 1 is 0.963 bits per heavy atom. The van der Waals surface area contributed by atoms with Crippen molar-refractivity contribution in [2.75, 3.05) is 0 Å². The van der Waals surface area contributed by atoms with Crippen molar-refractivity contribution in [3.63, 3.8) is 0 Å². The van der Waals surface area contributed by atoms with Crippen LogP contribution in [0.1, 0.15) is 56.5 Å². The monoisotopic (exact) mass is 377 g/mol. The van der Waals surface area contributed by atoms with Crippen molar-refractivity contribution in [2.45, 2.75) is 51.9 Å². The van der Waals surface area contributed by atoms with Crippen molar-refractivity contribution in [3.05, 3.63) is 64.8 Å². The Morgan fingerprint density at radius 3 is 2.41 bits per heavy atom. The molecule has 1 aliphatic rings. The summed E-state index contributed by atoms with van der Waals surface area (Å²) in [5, 5.41) is 0.332. The Hall–Kier alpha value is -2.26. The van der Waals surface area contributed by atoms with E-state index >= 15 is 0 Å². The van der Waals surface area contributed by atoms with E-state index < -0.39 is 0 Å². The molecule has 0 unspecified atom stereocenters. The highest BCUT2D eigenvalue weighted by atomic mass is 35.5. The number of hydrogen-bond donors (Lipinski definition) is 0. The average molecular weight is 378 g/mol. The predicted molar refractivity (Wildman–Crippen MR) is 111 cm³/mol. The number of hydrogen-bond acceptors (Lipinski definition) is 3. The maximum absolute atomic E-state index is 6.22. The van der Waals surface area contributed by atoms with Gasteiger partial charge in [0.05, 0.1) is 5.69 Å². The Labute approximate surface area is 165 Å². The van der Waals surface area contributed by atoms with Gasteiger partial charge in [0.25, 0.3) is 0 Å². The maximum Gasteiger partial charge on any atom is 0.223 e. The van der Waals surface area contributed by atoms with Crippen LogP contribution in [0.15, 0.2) is 42.6 Å². The molecular weight excluding hydrogens is 354 g/mol. The number of pyridine rings is 1. The van der Waals surface area contributed by atoms with Crippen molar-refractivity contribution in [1.29, 1.82) is 0 Å². The summed E-state index contributed by atoms with van der Waals surface area (Å²) in [5.41, 5.74) is 7.68. The van der Waals surface area contributed by atoms with Crippen LogP contribution < -0.4 is 0 Å². The minimum absolute atomic E-state index is 0.0167. The lowest BCUT2D eigenvalue weighted by Gasteiger charge is -2.18. The second-order valence-corrected chi connectivity index (χ2v) is 8.77. The molecule has 0 aliphatic heterocycles. The maximum atomic E-state index is 6.22. The Morgan fingerprint density at radius 2 is 1.70 bits per heavy atom. The Bertz CT molecular complexity index is 1000. The summed E-state index contributed by atoms with van der Waals surface area (Å²) in [6.07, 6.45) is 4.28. The zero-order valence-electron chi connectivity index (χ0n) is 16.3. The van der Waals surface area contributed by atoms with E-state index in [4.69, 9.17) is 11.6 Å². The fourth-order valence-corrected chi connectivity index (χ4v) is 3.45. The lowest BCUT2D eigenvalue weighted by atomic mass is 9.89. The molecule has 4 rings (SSSR count). The molecule has 0 amide bonds. The summed E-state index contributed by atoms with van der Waals surface area (Å²) < 4.78 is 0. The fraction of sp³-hybridized carbons (Fsp3) is 0.348. The van der Waals surface area contributed by atoms with Crippen LogP contribution in [0.3, 0.4) is 0 Å². The number of aromatic nitrogens is 3. The third-order valence-electron chi connectivity index (χ3n) is 5.09. The van der Waals surface area contributed by atoms with Crippen LogP contribution in [0.25, 0.3) is 22.4 Å². The topological polar surface area (TPSA) is 38.7 Å². The Balaban J connectivity index is 1.79. The first-order valence-corrected chi connectivity index (χ1v) is 9.81. The molecule has 1 aromatic carbocycles. The first kappa shape index (κ1) is 18.1. The molecule has 3 aromatic rings. The van der Waals surface area contributed by atoms with Gasteiger partial charge in [-0.25, -0.2) is 9.97 Å². The van der Waals surface area contributed by atoms with Gasteiger partial charge in [-0.05, 0) is 72.3 Å². The molecule has 1 saturated carbocycles. The van der Waals surface area contributed by atoms with Crippen LogP contribution in [0, 0.1) is 6.92 Å². The van der Waals surface area contributed by atoms with Gasteiger partial charge in [0.15, 0.2) is 0 Å². The van der Waals surface area contributed by atoms with E-state index in [9.17, 15) is 0 Å². The summed E-state index contributed by atoms with van der Waals surface area (Å²) >= 11 is 6.22. The molecule has 0 atom stereocenters.